The van der Waals surface area contributed by atoms with Gasteiger partial charge in [-0.15, -0.1) is 11.8 Å². The maximum atomic E-state index is 13.2. The average molecular weight is 481 g/mol. The van der Waals surface area contributed by atoms with Crippen molar-refractivity contribution in [3.8, 4) is 0 Å². The van der Waals surface area contributed by atoms with Gasteiger partial charge in [-0.25, -0.2) is 13.2 Å². The Morgan fingerprint density at radius 3 is 2.44 bits per heavy atom. The highest BCUT2D eigenvalue weighted by atomic mass is 127. The lowest BCUT2D eigenvalue weighted by Gasteiger charge is -2.09. The molecule has 0 saturated heterocycles. The third kappa shape index (κ3) is 5.61. The summed E-state index contributed by atoms with van der Waals surface area (Å²) in [6, 6.07) is 6.53. The van der Waals surface area contributed by atoms with Crippen molar-refractivity contribution >= 4 is 45.9 Å². The lowest BCUT2D eigenvalue weighted by molar-refractivity contribution is 0.102. The Kier molecular flexibility index (Phi) is 7.57. The SMILES string of the molecule is O=C(Nc1cc(F)c(F)c(F)c1)c1ccc(I)c(SCCCCO)c1. The molecular weight excluding hydrogens is 466 g/mol. The molecule has 25 heavy (non-hydrogen) atoms. The van der Waals surface area contributed by atoms with Gasteiger partial charge >= 0.3 is 0 Å². The zero-order valence-corrected chi connectivity index (χ0v) is 16.0. The van der Waals surface area contributed by atoms with Crippen LogP contribution in [0, 0.1) is 21.0 Å². The molecule has 0 radical (unpaired) electrons. The van der Waals surface area contributed by atoms with Crippen LogP contribution in [0.5, 0.6) is 0 Å². The number of halogens is 4. The summed E-state index contributed by atoms with van der Waals surface area (Å²) in [5.74, 6) is -4.04. The van der Waals surface area contributed by atoms with Gasteiger partial charge < -0.3 is 10.4 Å². The zero-order chi connectivity index (χ0) is 18.4. The van der Waals surface area contributed by atoms with Gasteiger partial charge in [-0.1, -0.05) is 0 Å². The second-order valence-electron chi connectivity index (χ2n) is 5.13. The Bertz CT molecular complexity index is 751. The summed E-state index contributed by atoms with van der Waals surface area (Å²) >= 11 is 3.72. The van der Waals surface area contributed by atoms with E-state index in [4.69, 9.17) is 5.11 Å². The topological polar surface area (TPSA) is 49.3 Å². The number of unbranched alkanes of at least 4 members (excludes halogenated alkanes) is 1. The fourth-order valence-corrected chi connectivity index (χ4v) is 3.77. The molecule has 0 bridgehead atoms. The van der Waals surface area contributed by atoms with Crippen LogP contribution in [0.1, 0.15) is 23.2 Å². The van der Waals surface area contributed by atoms with Crippen LogP contribution >= 0.6 is 34.4 Å². The average Bonchev–Trinajstić information content (AvgIpc) is 2.57. The maximum Gasteiger partial charge on any atom is 0.255 e. The van der Waals surface area contributed by atoms with Crippen molar-refractivity contribution in [3.63, 3.8) is 0 Å². The Morgan fingerprint density at radius 1 is 1.12 bits per heavy atom. The first-order valence-electron chi connectivity index (χ1n) is 7.41. The summed E-state index contributed by atoms with van der Waals surface area (Å²) in [4.78, 5) is 13.2. The monoisotopic (exact) mass is 481 g/mol. The summed E-state index contributed by atoms with van der Waals surface area (Å²) in [7, 11) is 0. The smallest absolute Gasteiger partial charge is 0.255 e. The van der Waals surface area contributed by atoms with Gasteiger partial charge in [-0.3, -0.25) is 4.79 Å². The second-order valence-corrected chi connectivity index (χ2v) is 7.43. The predicted molar refractivity (Wildman–Crippen MR) is 100 cm³/mol. The quantitative estimate of drug-likeness (QED) is 0.258. The van der Waals surface area contributed by atoms with Crippen molar-refractivity contribution in [1.29, 1.82) is 0 Å². The molecule has 1 amide bonds. The molecule has 0 spiro atoms. The number of rotatable bonds is 7. The number of thioether (sulfide) groups is 1. The van der Waals surface area contributed by atoms with Gasteiger partial charge in [0.15, 0.2) is 17.5 Å². The summed E-state index contributed by atoms with van der Waals surface area (Å²) in [5, 5.41) is 11.2. The molecule has 0 aliphatic rings. The molecule has 0 fully saturated rings. The number of anilines is 1. The number of carbonyl (C=O) groups is 1. The Hall–Kier alpha value is -1.26. The number of hydrogen-bond donors (Lipinski definition) is 2. The number of hydrogen-bond acceptors (Lipinski definition) is 3. The van der Waals surface area contributed by atoms with Crippen molar-refractivity contribution in [2.45, 2.75) is 17.7 Å². The standard InChI is InChI=1S/C17H15F3INO2S/c18-12-8-11(9-13(19)16(12)20)22-17(24)10-3-4-14(21)15(7-10)25-6-2-1-5-23/h3-4,7-9,23H,1-2,5-6H2,(H,22,24). The number of nitrogens with one attached hydrogen (secondary N) is 1. The van der Waals surface area contributed by atoms with E-state index in [-0.39, 0.29) is 12.3 Å². The fraction of sp³-hybridized carbons (Fsp3) is 0.235. The molecule has 0 aliphatic carbocycles. The molecule has 0 unspecified atom stereocenters. The van der Waals surface area contributed by atoms with Crippen LogP contribution in [0.15, 0.2) is 35.2 Å². The number of amides is 1. The normalized spacial score (nSPS) is 10.8. The van der Waals surface area contributed by atoms with Crippen molar-refractivity contribution in [3.05, 3.63) is 56.9 Å². The van der Waals surface area contributed by atoms with Crippen LogP contribution in [0.3, 0.4) is 0 Å². The minimum absolute atomic E-state index is 0.144. The van der Waals surface area contributed by atoms with Crippen molar-refractivity contribution in [2.75, 3.05) is 17.7 Å². The highest BCUT2D eigenvalue weighted by molar-refractivity contribution is 14.1. The Morgan fingerprint density at radius 2 is 1.80 bits per heavy atom. The highest BCUT2D eigenvalue weighted by Crippen LogP contribution is 2.27. The van der Waals surface area contributed by atoms with E-state index >= 15 is 0 Å². The van der Waals surface area contributed by atoms with Crippen LogP contribution in [-0.4, -0.2) is 23.4 Å². The molecule has 3 nitrogen and oxygen atoms in total. The molecular formula is C17H15F3INO2S. The van der Waals surface area contributed by atoms with Crippen LogP contribution < -0.4 is 5.32 Å². The highest BCUT2D eigenvalue weighted by Gasteiger charge is 2.14. The molecule has 2 aromatic carbocycles. The van der Waals surface area contributed by atoms with Crippen molar-refractivity contribution in [2.24, 2.45) is 0 Å². The molecule has 0 saturated carbocycles. The summed E-state index contributed by atoms with van der Waals surface area (Å²) in [5.41, 5.74) is 0.173. The van der Waals surface area contributed by atoms with Crippen molar-refractivity contribution in [1.82, 2.24) is 0 Å². The molecule has 0 aromatic heterocycles. The molecule has 2 N–H and O–H groups in total. The van der Waals surface area contributed by atoms with E-state index in [1.165, 1.54) is 0 Å². The minimum Gasteiger partial charge on any atom is -0.396 e. The number of aliphatic hydroxyl groups excluding tert-OH is 1. The lowest BCUT2D eigenvalue weighted by Crippen LogP contribution is -2.13. The van der Waals surface area contributed by atoms with E-state index in [9.17, 15) is 18.0 Å². The third-order valence-corrected chi connectivity index (χ3v) is 5.69. The molecule has 2 aromatic rings. The van der Waals surface area contributed by atoms with Crippen LogP contribution in [-0.2, 0) is 0 Å². The fourth-order valence-electron chi connectivity index (χ4n) is 1.98. The zero-order valence-electron chi connectivity index (χ0n) is 13.0. The van der Waals surface area contributed by atoms with Gasteiger partial charge in [-0.2, -0.15) is 0 Å². The summed E-state index contributed by atoms with van der Waals surface area (Å²) < 4.78 is 40.4. The van der Waals surface area contributed by atoms with Gasteiger partial charge in [0.25, 0.3) is 5.91 Å². The lowest BCUT2D eigenvalue weighted by atomic mass is 10.2. The number of benzene rings is 2. The first-order chi connectivity index (χ1) is 11.9. The van der Waals surface area contributed by atoms with E-state index in [1.807, 2.05) is 0 Å². The van der Waals surface area contributed by atoms with E-state index in [1.54, 1.807) is 30.0 Å². The van der Waals surface area contributed by atoms with E-state index < -0.39 is 23.4 Å². The van der Waals surface area contributed by atoms with Crippen LogP contribution in [0.2, 0.25) is 0 Å². The molecule has 8 heteroatoms. The molecule has 0 atom stereocenters. The Labute approximate surface area is 161 Å². The van der Waals surface area contributed by atoms with E-state index in [2.05, 4.69) is 27.9 Å². The third-order valence-electron chi connectivity index (χ3n) is 3.25. The minimum atomic E-state index is -1.58. The first kappa shape index (κ1) is 20.1. The molecule has 0 heterocycles. The molecule has 0 aliphatic heterocycles. The van der Waals surface area contributed by atoms with Gasteiger partial charge in [0.05, 0.1) is 0 Å². The number of carbonyl (C=O) groups excluding carboxylic acids is 1. The van der Waals surface area contributed by atoms with E-state index in [0.29, 0.717) is 12.0 Å². The van der Waals surface area contributed by atoms with Gasteiger partial charge in [-0.05, 0) is 59.4 Å². The van der Waals surface area contributed by atoms with Crippen LogP contribution in [0.25, 0.3) is 0 Å². The predicted octanol–water partition coefficient (Wildman–Crippen LogP) is 4.83. The van der Waals surface area contributed by atoms with Crippen molar-refractivity contribution < 1.29 is 23.1 Å². The first-order valence-corrected chi connectivity index (χ1v) is 9.48. The second kappa shape index (κ2) is 9.44. The van der Waals surface area contributed by atoms with Gasteiger partial charge in [0.2, 0.25) is 0 Å². The summed E-state index contributed by atoms with van der Waals surface area (Å²) in [6.45, 7) is 0.144. The maximum absolute atomic E-state index is 13.2. The largest absolute Gasteiger partial charge is 0.396 e. The molecule has 2 rings (SSSR count). The molecule has 134 valence electrons. The summed E-state index contributed by atoms with van der Waals surface area (Å²) in [6.07, 6.45) is 1.56. The van der Waals surface area contributed by atoms with E-state index in [0.717, 1.165) is 32.8 Å². The Balaban J connectivity index is 2.11. The van der Waals surface area contributed by atoms with Gasteiger partial charge in [0.1, 0.15) is 0 Å². The van der Waals surface area contributed by atoms with Crippen LogP contribution in [0.4, 0.5) is 18.9 Å². The van der Waals surface area contributed by atoms with Gasteiger partial charge in [0, 0.05) is 38.5 Å². The number of aliphatic hydroxyl groups is 1.